The fourth-order valence-electron chi connectivity index (χ4n) is 3.79. The fraction of sp³-hybridized carbons (Fsp3) is 0.0800. The molecule has 0 radical (unpaired) electrons. The molecule has 0 aliphatic rings. The number of fused-ring (bicyclic) bond motifs is 1. The average Bonchev–Trinajstić information content (AvgIpc) is 3.51. The van der Waals surface area contributed by atoms with Gasteiger partial charge in [0.05, 0.1) is 10.9 Å². The molecule has 4 N–H and O–H groups in total. The Labute approximate surface area is 189 Å². The van der Waals surface area contributed by atoms with Crippen molar-refractivity contribution in [2.45, 2.75) is 6.04 Å². The van der Waals surface area contributed by atoms with E-state index in [9.17, 15) is 4.79 Å². The molecule has 1 aromatic carbocycles. The number of aromatic amines is 1. The van der Waals surface area contributed by atoms with Crippen LogP contribution in [-0.2, 0) is 0 Å². The summed E-state index contributed by atoms with van der Waals surface area (Å²) in [5.74, 6) is -0.148. The highest BCUT2D eigenvalue weighted by Crippen LogP contribution is 2.41. The summed E-state index contributed by atoms with van der Waals surface area (Å²) in [6.45, 7) is 0.317. The van der Waals surface area contributed by atoms with E-state index in [4.69, 9.17) is 5.73 Å². The Morgan fingerprint density at radius 3 is 2.72 bits per heavy atom. The molecular weight excluding hydrogens is 418 g/mol. The van der Waals surface area contributed by atoms with Crippen molar-refractivity contribution in [3.8, 4) is 21.6 Å². The molecule has 5 aromatic rings. The maximum absolute atomic E-state index is 13.2. The number of nitrogens with one attached hydrogen (secondary N) is 2. The number of hydrogen-bond acceptors (Lipinski definition) is 5. The highest BCUT2D eigenvalue weighted by atomic mass is 32.1. The summed E-state index contributed by atoms with van der Waals surface area (Å²) >= 11 is 1.46. The van der Waals surface area contributed by atoms with Gasteiger partial charge in [-0.15, -0.1) is 11.3 Å². The van der Waals surface area contributed by atoms with E-state index in [0.717, 1.165) is 38.2 Å². The highest BCUT2D eigenvalue weighted by Gasteiger charge is 2.21. The van der Waals surface area contributed by atoms with Crippen molar-refractivity contribution in [3.05, 3.63) is 95.9 Å². The molecule has 1 atom stereocenters. The molecule has 6 nitrogen and oxygen atoms in total. The lowest BCUT2D eigenvalue weighted by atomic mass is 10.0. The molecule has 4 aromatic heterocycles. The van der Waals surface area contributed by atoms with Crippen molar-refractivity contribution < 1.29 is 4.79 Å². The molecule has 0 fully saturated rings. The molecule has 1 amide bonds. The molecule has 0 bridgehead atoms. The number of carbonyl (C=O) groups is 1. The summed E-state index contributed by atoms with van der Waals surface area (Å²) in [5.41, 5.74) is 10.7. The van der Waals surface area contributed by atoms with E-state index in [0.29, 0.717) is 11.4 Å². The van der Waals surface area contributed by atoms with Gasteiger partial charge in [0.1, 0.15) is 5.65 Å². The van der Waals surface area contributed by atoms with E-state index in [1.54, 1.807) is 12.4 Å². The van der Waals surface area contributed by atoms with Crippen LogP contribution in [-0.4, -0.2) is 27.4 Å². The Balaban J connectivity index is 1.57. The summed E-state index contributed by atoms with van der Waals surface area (Å²) in [6, 6.07) is 19.3. The van der Waals surface area contributed by atoms with Crippen LogP contribution in [0, 0.1) is 0 Å². The van der Waals surface area contributed by atoms with Crippen LogP contribution in [0.25, 0.3) is 32.6 Å². The van der Waals surface area contributed by atoms with E-state index in [-0.39, 0.29) is 11.9 Å². The van der Waals surface area contributed by atoms with Crippen molar-refractivity contribution in [1.29, 1.82) is 0 Å². The standard InChI is InChI=1S/C25H21N5OS/c26-14-21(16-5-2-1-3-6-16)30-25(31)22-13-20(17-7-4-10-27-15-17)23(32-22)18-8-11-28-24-19(18)9-12-29-24/h1-13,15,21H,14,26H2,(H,28,29)(H,30,31). The Kier molecular flexibility index (Phi) is 5.49. The Morgan fingerprint density at radius 1 is 1.06 bits per heavy atom. The van der Waals surface area contributed by atoms with Crippen molar-refractivity contribution in [2.75, 3.05) is 6.54 Å². The number of aromatic nitrogens is 3. The molecule has 32 heavy (non-hydrogen) atoms. The van der Waals surface area contributed by atoms with E-state index in [1.165, 1.54) is 11.3 Å². The first-order valence-corrected chi connectivity index (χ1v) is 11.1. The lowest BCUT2D eigenvalue weighted by molar-refractivity contribution is 0.0942. The van der Waals surface area contributed by atoms with Crippen molar-refractivity contribution >= 4 is 28.3 Å². The molecular formula is C25H21N5OS. The number of nitrogens with zero attached hydrogens (tertiary/aromatic N) is 2. The predicted octanol–water partition coefficient (Wildman–Crippen LogP) is 4.78. The maximum atomic E-state index is 13.2. The number of nitrogens with two attached hydrogens (primary N) is 1. The van der Waals surface area contributed by atoms with Gasteiger partial charge in [0.15, 0.2) is 0 Å². The fourth-order valence-corrected chi connectivity index (χ4v) is 4.91. The quantitative estimate of drug-likeness (QED) is 0.355. The topological polar surface area (TPSA) is 96.7 Å². The minimum absolute atomic E-state index is 0.148. The third kappa shape index (κ3) is 3.79. The van der Waals surface area contributed by atoms with Gasteiger partial charge in [0.25, 0.3) is 5.91 Å². The van der Waals surface area contributed by atoms with E-state index < -0.39 is 0 Å². The van der Waals surface area contributed by atoms with Gasteiger partial charge in [-0.2, -0.15) is 0 Å². The van der Waals surface area contributed by atoms with E-state index in [2.05, 4.69) is 20.3 Å². The normalized spacial score (nSPS) is 12.0. The minimum Gasteiger partial charge on any atom is -0.346 e. The monoisotopic (exact) mass is 439 g/mol. The highest BCUT2D eigenvalue weighted by molar-refractivity contribution is 7.18. The Bertz CT molecular complexity index is 1360. The first-order chi connectivity index (χ1) is 15.7. The maximum Gasteiger partial charge on any atom is 0.261 e. The van der Waals surface area contributed by atoms with Crippen molar-refractivity contribution in [2.24, 2.45) is 5.73 Å². The zero-order chi connectivity index (χ0) is 21.9. The number of carbonyl (C=O) groups excluding carboxylic acids is 1. The number of rotatable bonds is 6. The first kappa shape index (κ1) is 20.1. The van der Waals surface area contributed by atoms with Crippen LogP contribution >= 0.6 is 11.3 Å². The summed E-state index contributed by atoms with van der Waals surface area (Å²) in [6.07, 6.45) is 7.21. The number of benzene rings is 1. The second kappa shape index (κ2) is 8.74. The molecule has 1 unspecified atom stereocenters. The molecule has 4 heterocycles. The number of hydrogen-bond donors (Lipinski definition) is 3. The van der Waals surface area contributed by atoms with E-state index in [1.807, 2.05) is 73.1 Å². The zero-order valence-electron chi connectivity index (χ0n) is 17.2. The predicted molar refractivity (Wildman–Crippen MR) is 128 cm³/mol. The number of thiophene rings is 1. The number of amides is 1. The second-order valence-electron chi connectivity index (χ2n) is 7.37. The van der Waals surface area contributed by atoms with Crippen LogP contribution in [0.3, 0.4) is 0 Å². The van der Waals surface area contributed by atoms with Gasteiger partial charge in [-0.25, -0.2) is 4.98 Å². The van der Waals surface area contributed by atoms with Crippen LogP contribution in [0.5, 0.6) is 0 Å². The molecule has 7 heteroatoms. The first-order valence-electron chi connectivity index (χ1n) is 10.3. The van der Waals surface area contributed by atoms with Crippen molar-refractivity contribution in [3.63, 3.8) is 0 Å². The Morgan fingerprint density at radius 2 is 1.94 bits per heavy atom. The minimum atomic E-state index is -0.256. The number of pyridine rings is 2. The van der Waals surface area contributed by atoms with Gasteiger partial charge >= 0.3 is 0 Å². The summed E-state index contributed by atoms with van der Waals surface area (Å²) in [5, 5.41) is 4.10. The van der Waals surface area contributed by atoms with Gasteiger partial charge in [-0.05, 0) is 29.8 Å². The van der Waals surface area contributed by atoms with Gasteiger partial charge < -0.3 is 16.0 Å². The van der Waals surface area contributed by atoms with Crippen LogP contribution in [0.2, 0.25) is 0 Å². The second-order valence-corrected chi connectivity index (χ2v) is 8.42. The van der Waals surface area contributed by atoms with Crippen LogP contribution < -0.4 is 11.1 Å². The summed E-state index contributed by atoms with van der Waals surface area (Å²) in [7, 11) is 0. The Hall–Kier alpha value is -3.81. The lowest BCUT2D eigenvalue weighted by Gasteiger charge is -2.16. The van der Waals surface area contributed by atoms with E-state index >= 15 is 0 Å². The summed E-state index contributed by atoms with van der Waals surface area (Å²) < 4.78 is 0. The average molecular weight is 440 g/mol. The number of H-pyrrole nitrogens is 1. The smallest absolute Gasteiger partial charge is 0.261 e. The van der Waals surface area contributed by atoms with Crippen LogP contribution in [0.4, 0.5) is 0 Å². The molecule has 0 aliphatic heterocycles. The van der Waals surface area contributed by atoms with Crippen LogP contribution in [0.1, 0.15) is 21.3 Å². The third-order valence-electron chi connectivity index (χ3n) is 5.38. The molecule has 0 saturated carbocycles. The molecule has 0 spiro atoms. The molecule has 0 aliphatic carbocycles. The van der Waals surface area contributed by atoms with Gasteiger partial charge in [0.2, 0.25) is 0 Å². The molecule has 158 valence electrons. The largest absolute Gasteiger partial charge is 0.346 e. The third-order valence-corrected chi connectivity index (χ3v) is 6.54. The van der Waals surface area contributed by atoms with Gasteiger partial charge in [-0.1, -0.05) is 36.4 Å². The van der Waals surface area contributed by atoms with Crippen molar-refractivity contribution in [1.82, 2.24) is 20.3 Å². The summed E-state index contributed by atoms with van der Waals surface area (Å²) in [4.78, 5) is 26.7. The SMILES string of the molecule is NCC(NC(=O)c1cc(-c2cccnc2)c(-c2ccnc3[nH]ccc23)s1)c1ccccc1. The molecule has 5 rings (SSSR count). The zero-order valence-corrected chi connectivity index (χ0v) is 18.0. The van der Waals surface area contributed by atoms with Gasteiger partial charge in [0, 0.05) is 58.3 Å². The van der Waals surface area contributed by atoms with Crippen LogP contribution in [0.15, 0.2) is 85.5 Å². The van der Waals surface area contributed by atoms with Gasteiger partial charge in [-0.3, -0.25) is 9.78 Å². The lowest BCUT2D eigenvalue weighted by Crippen LogP contribution is -2.32. The molecule has 0 saturated heterocycles.